The number of ether oxygens (including phenoxy) is 2. The van der Waals surface area contributed by atoms with E-state index in [-0.39, 0.29) is 12.5 Å². The minimum Gasteiger partial charge on any atom is -0.497 e. The van der Waals surface area contributed by atoms with Gasteiger partial charge in [0.1, 0.15) is 23.4 Å². The van der Waals surface area contributed by atoms with E-state index in [1.807, 2.05) is 67.2 Å². The lowest BCUT2D eigenvalue weighted by Gasteiger charge is -2.20. The van der Waals surface area contributed by atoms with Crippen molar-refractivity contribution in [3.63, 3.8) is 0 Å². The van der Waals surface area contributed by atoms with Crippen LogP contribution < -0.4 is 14.8 Å². The zero-order valence-corrected chi connectivity index (χ0v) is 17.6. The molecular weight excluding hydrogens is 422 g/mol. The average Bonchev–Trinajstić information content (AvgIpc) is 3.11. The first kappa shape index (κ1) is 19.9. The summed E-state index contributed by atoms with van der Waals surface area (Å²) < 4.78 is 13.6. The van der Waals surface area contributed by atoms with Gasteiger partial charge in [-0.2, -0.15) is 0 Å². The fraction of sp³-hybridized carbons (Fsp3) is 0.238. The van der Waals surface area contributed by atoms with E-state index in [1.165, 1.54) is 0 Å². The molecule has 0 fully saturated rings. The first-order valence-corrected chi connectivity index (χ1v) is 9.56. The van der Waals surface area contributed by atoms with E-state index in [1.54, 1.807) is 13.3 Å². The zero-order chi connectivity index (χ0) is 20.1. The lowest BCUT2D eigenvalue weighted by atomic mass is 10.1. The Morgan fingerprint density at radius 2 is 2.00 bits per heavy atom. The molecule has 1 atom stereocenters. The lowest BCUT2D eigenvalue weighted by molar-refractivity contribution is -0.123. The molecule has 1 unspecified atom stereocenters. The number of nitrogens with one attached hydrogen (secondary N) is 1. The van der Waals surface area contributed by atoms with E-state index in [9.17, 15) is 4.79 Å². The van der Waals surface area contributed by atoms with Crippen molar-refractivity contribution < 1.29 is 14.3 Å². The van der Waals surface area contributed by atoms with Crippen LogP contribution in [-0.2, 0) is 11.8 Å². The highest BCUT2D eigenvalue weighted by Gasteiger charge is 2.21. The second-order valence-electron chi connectivity index (χ2n) is 6.39. The van der Waals surface area contributed by atoms with Crippen LogP contribution in [0.5, 0.6) is 11.5 Å². The van der Waals surface area contributed by atoms with Crippen LogP contribution in [0.2, 0.25) is 0 Å². The normalized spacial score (nSPS) is 11.7. The van der Waals surface area contributed by atoms with Gasteiger partial charge in [0.15, 0.2) is 6.61 Å². The van der Waals surface area contributed by atoms with Crippen LogP contribution in [0.1, 0.15) is 23.0 Å². The lowest BCUT2D eigenvalue weighted by Crippen LogP contribution is -2.34. The van der Waals surface area contributed by atoms with Crippen molar-refractivity contribution in [3.05, 3.63) is 76.3 Å². The first-order valence-electron chi connectivity index (χ1n) is 8.77. The summed E-state index contributed by atoms with van der Waals surface area (Å²) in [5.41, 5.74) is 2.01. The Kier molecular flexibility index (Phi) is 6.36. The fourth-order valence-electron chi connectivity index (χ4n) is 2.82. The summed E-state index contributed by atoms with van der Waals surface area (Å²) in [4.78, 5) is 17.0. The van der Waals surface area contributed by atoms with Crippen molar-refractivity contribution in [1.82, 2.24) is 14.9 Å². The van der Waals surface area contributed by atoms with Crippen LogP contribution in [-0.4, -0.2) is 29.2 Å². The molecule has 0 aliphatic carbocycles. The maximum absolute atomic E-state index is 12.6. The van der Waals surface area contributed by atoms with E-state index in [0.29, 0.717) is 5.75 Å². The third-order valence-electron chi connectivity index (χ3n) is 4.32. The minimum absolute atomic E-state index is 0.0985. The molecule has 1 N–H and O–H groups in total. The number of imidazole rings is 1. The van der Waals surface area contributed by atoms with Gasteiger partial charge in [0.05, 0.1) is 11.6 Å². The average molecular weight is 444 g/mol. The van der Waals surface area contributed by atoms with Crippen LogP contribution in [0.4, 0.5) is 0 Å². The third kappa shape index (κ3) is 4.72. The van der Waals surface area contributed by atoms with Crippen molar-refractivity contribution in [1.29, 1.82) is 0 Å². The predicted octanol–water partition coefficient (Wildman–Crippen LogP) is 3.78. The standard InChI is InChI=1S/C21H22BrN3O3/c1-14-4-9-18(17(22)12-14)28-13-19(26)24-20(21-23-10-11-25(21)2)15-5-7-16(27-3)8-6-15/h4-12,20H,13H2,1-3H3,(H,24,26). The topological polar surface area (TPSA) is 65.4 Å². The molecule has 3 aromatic rings. The maximum atomic E-state index is 12.6. The molecule has 28 heavy (non-hydrogen) atoms. The molecule has 1 aromatic heterocycles. The van der Waals surface area contributed by atoms with E-state index in [2.05, 4.69) is 26.2 Å². The number of amides is 1. The van der Waals surface area contributed by atoms with Crippen LogP contribution >= 0.6 is 15.9 Å². The molecule has 0 aliphatic rings. The highest BCUT2D eigenvalue weighted by Crippen LogP contribution is 2.26. The number of hydrogen-bond donors (Lipinski definition) is 1. The van der Waals surface area contributed by atoms with Gasteiger partial charge in [0.25, 0.3) is 5.91 Å². The largest absolute Gasteiger partial charge is 0.497 e. The van der Waals surface area contributed by atoms with Gasteiger partial charge in [-0.15, -0.1) is 0 Å². The summed E-state index contributed by atoms with van der Waals surface area (Å²) in [6.07, 6.45) is 3.55. The van der Waals surface area contributed by atoms with Crippen LogP contribution in [0.15, 0.2) is 59.3 Å². The molecule has 1 heterocycles. The number of benzene rings is 2. The Hall–Kier alpha value is -2.80. The zero-order valence-electron chi connectivity index (χ0n) is 16.0. The maximum Gasteiger partial charge on any atom is 0.258 e. The molecule has 0 bridgehead atoms. The van der Waals surface area contributed by atoms with Crippen molar-refractivity contribution in [2.75, 3.05) is 13.7 Å². The molecule has 146 valence electrons. The Balaban J connectivity index is 1.75. The molecule has 0 spiro atoms. The van der Waals surface area contributed by atoms with Gasteiger partial charge in [0.2, 0.25) is 0 Å². The molecular formula is C21H22BrN3O3. The first-order chi connectivity index (χ1) is 13.5. The summed E-state index contributed by atoms with van der Waals surface area (Å²) in [6, 6.07) is 12.9. The van der Waals surface area contributed by atoms with Crippen molar-refractivity contribution in [3.8, 4) is 11.5 Å². The molecule has 6 nitrogen and oxygen atoms in total. The molecule has 1 amide bonds. The van der Waals surface area contributed by atoms with Gasteiger partial charge in [-0.3, -0.25) is 4.79 Å². The minimum atomic E-state index is -0.400. The number of hydrogen-bond acceptors (Lipinski definition) is 4. The Labute approximate surface area is 172 Å². The van der Waals surface area contributed by atoms with Crippen LogP contribution in [0.25, 0.3) is 0 Å². The van der Waals surface area contributed by atoms with E-state index in [0.717, 1.165) is 27.2 Å². The van der Waals surface area contributed by atoms with Crippen LogP contribution in [0.3, 0.4) is 0 Å². The Morgan fingerprint density at radius 3 is 2.61 bits per heavy atom. The van der Waals surface area contributed by atoms with Gasteiger partial charge in [-0.25, -0.2) is 4.98 Å². The van der Waals surface area contributed by atoms with Gasteiger partial charge in [0, 0.05) is 19.4 Å². The number of rotatable bonds is 7. The van der Waals surface area contributed by atoms with E-state index >= 15 is 0 Å². The van der Waals surface area contributed by atoms with Gasteiger partial charge < -0.3 is 19.4 Å². The molecule has 3 rings (SSSR count). The molecule has 2 aromatic carbocycles. The number of carbonyl (C=O) groups excluding carboxylic acids is 1. The number of aryl methyl sites for hydroxylation is 2. The smallest absolute Gasteiger partial charge is 0.258 e. The number of halogens is 1. The number of carbonyl (C=O) groups is 1. The van der Waals surface area contributed by atoms with Gasteiger partial charge in [-0.1, -0.05) is 18.2 Å². The summed E-state index contributed by atoms with van der Waals surface area (Å²) in [5, 5.41) is 3.01. The SMILES string of the molecule is COc1ccc(C(NC(=O)COc2ccc(C)cc2Br)c2nccn2C)cc1. The Bertz CT molecular complexity index is 954. The highest BCUT2D eigenvalue weighted by molar-refractivity contribution is 9.10. The summed E-state index contributed by atoms with van der Waals surface area (Å²) in [5.74, 6) is 1.87. The van der Waals surface area contributed by atoms with Crippen molar-refractivity contribution in [2.45, 2.75) is 13.0 Å². The molecule has 0 radical (unpaired) electrons. The highest BCUT2D eigenvalue weighted by atomic mass is 79.9. The number of nitrogens with zero attached hydrogens (tertiary/aromatic N) is 2. The Morgan fingerprint density at radius 1 is 1.25 bits per heavy atom. The fourth-order valence-corrected chi connectivity index (χ4v) is 3.43. The number of methoxy groups -OCH3 is 1. The quantitative estimate of drug-likeness (QED) is 0.603. The molecule has 0 aliphatic heterocycles. The van der Waals surface area contributed by atoms with Crippen molar-refractivity contribution in [2.24, 2.45) is 7.05 Å². The van der Waals surface area contributed by atoms with E-state index in [4.69, 9.17) is 9.47 Å². The van der Waals surface area contributed by atoms with Gasteiger partial charge >= 0.3 is 0 Å². The molecule has 0 saturated carbocycles. The molecule has 7 heteroatoms. The third-order valence-corrected chi connectivity index (χ3v) is 4.94. The van der Waals surface area contributed by atoms with E-state index < -0.39 is 6.04 Å². The van der Waals surface area contributed by atoms with Crippen LogP contribution in [0, 0.1) is 6.92 Å². The second-order valence-corrected chi connectivity index (χ2v) is 7.25. The second kappa shape index (κ2) is 8.93. The summed E-state index contributed by atoms with van der Waals surface area (Å²) >= 11 is 3.46. The summed E-state index contributed by atoms with van der Waals surface area (Å²) in [7, 11) is 3.51. The summed E-state index contributed by atoms with van der Waals surface area (Å²) in [6.45, 7) is 1.90. The predicted molar refractivity (Wildman–Crippen MR) is 111 cm³/mol. The molecule has 0 saturated heterocycles. The van der Waals surface area contributed by atoms with Gasteiger partial charge in [-0.05, 0) is 58.2 Å². The number of aromatic nitrogens is 2. The van der Waals surface area contributed by atoms with Crippen molar-refractivity contribution >= 4 is 21.8 Å². The monoisotopic (exact) mass is 443 g/mol.